The summed E-state index contributed by atoms with van der Waals surface area (Å²) in [4.78, 5) is 15.1. The predicted octanol–water partition coefficient (Wildman–Crippen LogP) is 4.40. The molecule has 1 heterocycles. The van der Waals surface area contributed by atoms with Crippen LogP contribution in [0.5, 0.6) is 0 Å². The van der Waals surface area contributed by atoms with Crippen LogP contribution >= 0.6 is 22.9 Å². The summed E-state index contributed by atoms with van der Waals surface area (Å²) in [6.45, 7) is 0.827. The molecule has 1 aromatic carbocycles. The van der Waals surface area contributed by atoms with Crippen molar-refractivity contribution in [2.75, 3.05) is 19.3 Å². The molecule has 0 aliphatic heterocycles. The third-order valence-corrected chi connectivity index (χ3v) is 5.65. The molecule has 0 radical (unpaired) electrons. The highest BCUT2D eigenvalue weighted by Gasteiger charge is 2.23. The number of rotatable bonds is 3. The van der Waals surface area contributed by atoms with Gasteiger partial charge in [-0.05, 0) is 37.0 Å². The summed E-state index contributed by atoms with van der Waals surface area (Å²) in [7, 11) is 1.87. The fourth-order valence-electron chi connectivity index (χ4n) is 3.08. The van der Waals surface area contributed by atoms with Crippen LogP contribution < -0.4 is 5.73 Å². The largest absolute Gasteiger partial charge is 0.397 e. The molecule has 3 rings (SSSR count). The van der Waals surface area contributed by atoms with Crippen LogP contribution in [0.2, 0.25) is 5.02 Å². The Morgan fingerprint density at radius 1 is 1.43 bits per heavy atom. The van der Waals surface area contributed by atoms with Gasteiger partial charge in [0.25, 0.3) is 5.91 Å². The van der Waals surface area contributed by atoms with Crippen molar-refractivity contribution in [1.29, 1.82) is 0 Å². The number of nitrogens with two attached hydrogens (primary N) is 1. The van der Waals surface area contributed by atoms with Gasteiger partial charge >= 0.3 is 0 Å². The summed E-state index contributed by atoms with van der Waals surface area (Å²) in [6, 6.07) is 5.58. The second-order valence-electron chi connectivity index (χ2n) is 5.82. The van der Waals surface area contributed by atoms with Crippen molar-refractivity contribution >= 4 is 44.6 Å². The molecule has 0 atom stereocenters. The monoisotopic (exact) mass is 322 g/mol. The molecule has 0 spiro atoms. The van der Waals surface area contributed by atoms with Gasteiger partial charge < -0.3 is 10.6 Å². The summed E-state index contributed by atoms with van der Waals surface area (Å²) in [6.07, 6.45) is 5.04. The van der Waals surface area contributed by atoms with Gasteiger partial charge in [0, 0.05) is 28.7 Å². The van der Waals surface area contributed by atoms with Gasteiger partial charge in [0.05, 0.1) is 5.69 Å². The molecule has 0 unspecified atom stereocenters. The smallest absolute Gasteiger partial charge is 0.265 e. The van der Waals surface area contributed by atoms with Crippen LogP contribution in [0.4, 0.5) is 5.69 Å². The second kappa shape index (κ2) is 5.85. The highest BCUT2D eigenvalue weighted by atomic mass is 35.5. The number of benzene rings is 1. The molecule has 21 heavy (non-hydrogen) atoms. The molecule has 0 saturated heterocycles. The number of carbonyl (C=O) groups is 1. The lowest BCUT2D eigenvalue weighted by Crippen LogP contribution is -2.31. The Balaban J connectivity index is 1.85. The summed E-state index contributed by atoms with van der Waals surface area (Å²) >= 11 is 7.46. The fourth-order valence-corrected chi connectivity index (χ4v) is 4.35. The van der Waals surface area contributed by atoms with Crippen molar-refractivity contribution in [2.45, 2.75) is 25.7 Å². The molecule has 3 nitrogen and oxygen atoms in total. The van der Waals surface area contributed by atoms with Gasteiger partial charge in [-0.2, -0.15) is 0 Å². The Morgan fingerprint density at radius 2 is 2.14 bits per heavy atom. The van der Waals surface area contributed by atoms with E-state index in [1.807, 2.05) is 30.1 Å². The molecule has 1 aliphatic rings. The van der Waals surface area contributed by atoms with Gasteiger partial charge in [-0.25, -0.2) is 0 Å². The van der Waals surface area contributed by atoms with E-state index in [2.05, 4.69) is 0 Å². The maximum atomic E-state index is 12.6. The maximum Gasteiger partial charge on any atom is 0.265 e. The van der Waals surface area contributed by atoms with Gasteiger partial charge in [0.15, 0.2) is 0 Å². The van der Waals surface area contributed by atoms with Crippen molar-refractivity contribution < 1.29 is 4.79 Å². The van der Waals surface area contributed by atoms with E-state index in [-0.39, 0.29) is 5.91 Å². The molecule has 1 saturated carbocycles. The number of hydrogen-bond donors (Lipinski definition) is 1. The zero-order valence-electron chi connectivity index (χ0n) is 12.1. The topological polar surface area (TPSA) is 46.3 Å². The van der Waals surface area contributed by atoms with Gasteiger partial charge in [0.2, 0.25) is 0 Å². The van der Waals surface area contributed by atoms with Gasteiger partial charge in [0.1, 0.15) is 4.88 Å². The maximum absolute atomic E-state index is 12.6. The van der Waals surface area contributed by atoms with E-state index in [0.29, 0.717) is 21.5 Å². The van der Waals surface area contributed by atoms with Crippen LogP contribution in [0, 0.1) is 5.92 Å². The van der Waals surface area contributed by atoms with E-state index in [1.54, 1.807) is 0 Å². The number of thiophene rings is 1. The Bertz CT molecular complexity index is 676. The molecule has 5 heteroatoms. The Hall–Kier alpha value is -1.26. The van der Waals surface area contributed by atoms with Crippen LogP contribution in [-0.2, 0) is 0 Å². The van der Waals surface area contributed by atoms with E-state index in [4.69, 9.17) is 17.3 Å². The quantitative estimate of drug-likeness (QED) is 0.910. The number of hydrogen-bond acceptors (Lipinski definition) is 3. The molecule has 112 valence electrons. The first-order valence-electron chi connectivity index (χ1n) is 7.29. The number of carbonyl (C=O) groups excluding carboxylic acids is 1. The number of halogens is 1. The van der Waals surface area contributed by atoms with Crippen LogP contribution in [0.15, 0.2) is 18.2 Å². The molecule has 2 aromatic rings. The summed E-state index contributed by atoms with van der Waals surface area (Å²) in [5.41, 5.74) is 6.72. The van der Waals surface area contributed by atoms with Crippen LogP contribution in [0.1, 0.15) is 35.4 Å². The molecule has 1 aliphatic carbocycles. The highest BCUT2D eigenvalue weighted by molar-refractivity contribution is 7.21. The molecule has 0 bridgehead atoms. The minimum absolute atomic E-state index is 0.0247. The SMILES string of the molecule is CN(CC1CCCC1)C(=O)c1sc2ccc(Cl)cc2c1N. The number of nitrogen functional groups attached to an aromatic ring is 1. The normalized spacial score (nSPS) is 15.7. The second-order valence-corrected chi connectivity index (χ2v) is 7.31. The first-order chi connectivity index (χ1) is 10.1. The van der Waals surface area contributed by atoms with Gasteiger partial charge in [-0.15, -0.1) is 11.3 Å². The van der Waals surface area contributed by atoms with Gasteiger partial charge in [-0.3, -0.25) is 4.79 Å². The van der Waals surface area contributed by atoms with Crippen LogP contribution in [-0.4, -0.2) is 24.4 Å². The fraction of sp³-hybridized carbons (Fsp3) is 0.438. The summed E-state index contributed by atoms with van der Waals surface area (Å²) in [5, 5.41) is 1.52. The third-order valence-electron chi connectivity index (χ3n) is 4.24. The molecule has 1 aromatic heterocycles. The van der Waals surface area contributed by atoms with E-state index in [1.165, 1.54) is 37.0 Å². The average molecular weight is 323 g/mol. The van der Waals surface area contributed by atoms with E-state index in [9.17, 15) is 4.79 Å². The Kier molecular flexibility index (Phi) is 4.09. The van der Waals surface area contributed by atoms with E-state index >= 15 is 0 Å². The van der Waals surface area contributed by atoms with Crippen molar-refractivity contribution in [3.05, 3.63) is 28.1 Å². The number of fused-ring (bicyclic) bond motifs is 1. The third kappa shape index (κ3) is 2.87. The van der Waals surface area contributed by atoms with Gasteiger partial charge in [-0.1, -0.05) is 24.4 Å². The Morgan fingerprint density at radius 3 is 2.86 bits per heavy atom. The molecule has 2 N–H and O–H groups in total. The zero-order chi connectivity index (χ0) is 15.0. The van der Waals surface area contributed by atoms with Crippen molar-refractivity contribution in [3.8, 4) is 0 Å². The highest BCUT2D eigenvalue weighted by Crippen LogP contribution is 2.36. The lowest BCUT2D eigenvalue weighted by atomic mass is 10.1. The molecular formula is C16H19ClN2OS. The Labute approximate surface area is 133 Å². The predicted molar refractivity (Wildman–Crippen MR) is 90.2 cm³/mol. The lowest BCUT2D eigenvalue weighted by molar-refractivity contribution is 0.0779. The van der Waals surface area contributed by atoms with Crippen molar-refractivity contribution in [3.63, 3.8) is 0 Å². The molecular weight excluding hydrogens is 304 g/mol. The van der Waals surface area contributed by atoms with E-state index < -0.39 is 0 Å². The lowest BCUT2D eigenvalue weighted by Gasteiger charge is -2.20. The summed E-state index contributed by atoms with van der Waals surface area (Å²) in [5.74, 6) is 0.667. The van der Waals surface area contributed by atoms with Crippen LogP contribution in [0.3, 0.4) is 0 Å². The number of amides is 1. The van der Waals surface area contributed by atoms with E-state index in [0.717, 1.165) is 16.6 Å². The zero-order valence-corrected chi connectivity index (χ0v) is 13.6. The first-order valence-corrected chi connectivity index (χ1v) is 8.48. The summed E-state index contributed by atoms with van der Waals surface area (Å²) < 4.78 is 1.01. The standard InChI is InChI=1S/C16H19ClN2OS/c1-19(9-10-4-2-3-5-10)16(20)15-14(18)12-8-11(17)6-7-13(12)21-15/h6-8,10H,2-5,9,18H2,1H3. The molecule has 1 amide bonds. The van der Waals surface area contributed by atoms with Crippen molar-refractivity contribution in [2.24, 2.45) is 5.92 Å². The first kappa shape index (κ1) is 14.7. The minimum Gasteiger partial charge on any atom is -0.397 e. The average Bonchev–Trinajstić information content (AvgIpc) is 3.07. The van der Waals surface area contributed by atoms with Crippen molar-refractivity contribution in [1.82, 2.24) is 4.90 Å². The van der Waals surface area contributed by atoms with Crippen LogP contribution in [0.25, 0.3) is 10.1 Å². The number of nitrogens with zero attached hydrogens (tertiary/aromatic N) is 1. The number of anilines is 1. The minimum atomic E-state index is 0.0247. The molecule has 1 fully saturated rings.